The second-order valence-corrected chi connectivity index (χ2v) is 7.33. The van der Waals surface area contributed by atoms with Gasteiger partial charge in [0, 0.05) is 21.5 Å². The zero-order chi connectivity index (χ0) is 18.8. The number of thiocarbonyl (C=S) groups is 1. The lowest BCUT2D eigenvalue weighted by Gasteiger charge is -2.11. The van der Waals surface area contributed by atoms with Crippen molar-refractivity contribution in [2.75, 3.05) is 17.7 Å². The zero-order valence-electron chi connectivity index (χ0n) is 13.9. The van der Waals surface area contributed by atoms with Gasteiger partial charge in [0.05, 0.1) is 12.1 Å². The third-order valence-corrected chi connectivity index (χ3v) is 5.53. The molecule has 0 unspecified atom stereocenters. The molecule has 0 saturated heterocycles. The maximum Gasteiger partial charge on any atom is 0.349 e. The molecular formula is C18H14ClFN2O2S2. The average molecular weight is 409 g/mol. The van der Waals surface area contributed by atoms with Crippen molar-refractivity contribution in [2.45, 2.75) is 6.92 Å². The molecular weight excluding hydrogens is 395 g/mol. The van der Waals surface area contributed by atoms with Gasteiger partial charge < -0.3 is 15.4 Å². The van der Waals surface area contributed by atoms with Gasteiger partial charge in [-0.1, -0.05) is 17.7 Å². The molecule has 1 aromatic heterocycles. The number of ether oxygens (including phenoxy) is 1. The van der Waals surface area contributed by atoms with Gasteiger partial charge in [-0.25, -0.2) is 9.18 Å². The van der Waals surface area contributed by atoms with Crippen molar-refractivity contribution in [3.63, 3.8) is 0 Å². The second-order valence-electron chi connectivity index (χ2n) is 5.49. The van der Waals surface area contributed by atoms with Crippen molar-refractivity contribution in [1.82, 2.24) is 0 Å². The van der Waals surface area contributed by atoms with Gasteiger partial charge in [0.1, 0.15) is 10.7 Å². The number of methoxy groups -OCH3 is 1. The van der Waals surface area contributed by atoms with Gasteiger partial charge in [-0.2, -0.15) is 0 Å². The molecule has 26 heavy (non-hydrogen) atoms. The molecule has 0 bridgehead atoms. The third kappa shape index (κ3) is 3.80. The fourth-order valence-corrected chi connectivity index (χ4v) is 4.03. The number of anilines is 2. The highest BCUT2D eigenvalue weighted by Crippen LogP contribution is 2.37. The number of hydrogen-bond acceptors (Lipinski definition) is 4. The van der Waals surface area contributed by atoms with E-state index in [4.69, 9.17) is 28.6 Å². The normalized spacial score (nSPS) is 10.6. The molecule has 2 aromatic carbocycles. The number of thiophene rings is 1. The van der Waals surface area contributed by atoms with Crippen molar-refractivity contribution in [3.8, 4) is 0 Å². The quantitative estimate of drug-likeness (QED) is 0.436. The lowest BCUT2D eigenvalue weighted by molar-refractivity contribution is 0.0606. The first kappa shape index (κ1) is 18.6. The first-order valence-electron chi connectivity index (χ1n) is 7.53. The molecule has 0 aliphatic heterocycles. The molecule has 0 radical (unpaired) electrons. The molecule has 8 heteroatoms. The highest BCUT2D eigenvalue weighted by Gasteiger charge is 2.17. The van der Waals surface area contributed by atoms with Crippen LogP contribution >= 0.6 is 35.2 Å². The average Bonchev–Trinajstić information content (AvgIpc) is 2.93. The predicted molar refractivity (Wildman–Crippen MR) is 109 cm³/mol. The van der Waals surface area contributed by atoms with Gasteiger partial charge in [0.15, 0.2) is 5.11 Å². The summed E-state index contributed by atoms with van der Waals surface area (Å²) in [5, 5.41) is 7.43. The predicted octanol–water partition coefficient (Wildman–Crippen LogP) is 5.60. The van der Waals surface area contributed by atoms with Crippen molar-refractivity contribution < 1.29 is 13.9 Å². The minimum absolute atomic E-state index is 0.303. The largest absolute Gasteiger partial charge is 0.465 e. The summed E-state index contributed by atoms with van der Waals surface area (Å²) in [5.41, 5.74) is 1.84. The minimum Gasteiger partial charge on any atom is -0.465 e. The number of carbonyl (C=O) groups excluding carboxylic acids is 1. The lowest BCUT2D eigenvalue weighted by Crippen LogP contribution is -2.19. The highest BCUT2D eigenvalue weighted by atomic mass is 35.5. The van der Waals surface area contributed by atoms with E-state index in [2.05, 4.69) is 10.6 Å². The van der Waals surface area contributed by atoms with Crippen molar-refractivity contribution >= 4 is 67.7 Å². The summed E-state index contributed by atoms with van der Waals surface area (Å²) in [7, 11) is 1.31. The van der Waals surface area contributed by atoms with Crippen LogP contribution in [0.4, 0.5) is 15.8 Å². The molecule has 4 nitrogen and oxygen atoms in total. The number of hydrogen-bond donors (Lipinski definition) is 2. The Balaban J connectivity index is 1.78. The maximum atomic E-state index is 13.6. The third-order valence-electron chi connectivity index (χ3n) is 3.69. The SMILES string of the molecule is COC(=O)c1sc2cc(NC(=S)Nc3ccc(C)c(F)c3)ccc2c1Cl. The van der Waals surface area contributed by atoms with E-state index in [-0.39, 0.29) is 5.82 Å². The van der Waals surface area contributed by atoms with Crippen LogP contribution in [0.5, 0.6) is 0 Å². The Kier molecular flexibility index (Phi) is 5.41. The zero-order valence-corrected chi connectivity index (χ0v) is 16.2. The van der Waals surface area contributed by atoms with E-state index in [1.54, 1.807) is 31.2 Å². The van der Waals surface area contributed by atoms with Crippen molar-refractivity contribution in [3.05, 3.63) is 57.7 Å². The van der Waals surface area contributed by atoms with Gasteiger partial charge in [-0.15, -0.1) is 11.3 Å². The van der Waals surface area contributed by atoms with Crippen LogP contribution in [0.15, 0.2) is 36.4 Å². The summed E-state index contributed by atoms with van der Waals surface area (Å²) < 4.78 is 19.2. The molecule has 0 aliphatic rings. The van der Waals surface area contributed by atoms with E-state index >= 15 is 0 Å². The molecule has 3 aromatic rings. The van der Waals surface area contributed by atoms with Crippen LogP contribution in [-0.4, -0.2) is 18.2 Å². The number of esters is 1. The van der Waals surface area contributed by atoms with E-state index in [1.165, 1.54) is 24.5 Å². The van der Waals surface area contributed by atoms with E-state index < -0.39 is 5.97 Å². The van der Waals surface area contributed by atoms with Crippen molar-refractivity contribution in [1.29, 1.82) is 0 Å². The lowest BCUT2D eigenvalue weighted by atomic mass is 10.2. The van der Waals surface area contributed by atoms with Crippen LogP contribution in [0.1, 0.15) is 15.2 Å². The van der Waals surface area contributed by atoms with Gasteiger partial charge in [-0.3, -0.25) is 0 Å². The molecule has 2 N–H and O–H groups in total. The van der Waals surface area contributed by atoms with Crippen LogP contribution in [0.2, 0.25) is 5.02 Å². The summed E-state index contributed by atoms with van der Waals surface area (Å²) >= 11 is 12.8. The molecule has 0 fully saturated rings. The molecule has 1 heterocycles. The molecule has 3 rings (SSSR count). The van der Waals surface area contributed by atoms with E-state index in [9.17, 15) is 9.18 Å². The molecule has 134 valence electrons. The molecule has 0 aliphatic carbocycles. The molecule has 0 atom stereocenters. The van der Waals surface area contributed by atoms with Gasteiger partial charge >= 0.3 is 5.97 Å². The highest BCUT2D eigenvalue weighted by molar-refractivity contribution is 7.80. The van der Waals surface area contributed by atoms with E-state index in [0.717, 1.165) is 15.8 Å². The Labute approximate surface area is 163 Å². The Morgan fingerprint density at radius 3 is 2.50 bits per heavy atom. The Morgan fingerprint density at radius 2 is 1.85 bits per heavy atom. The summed E-state index contributed by atoms with van der Waals surface area (Å²) in [4.78, 5) is 12.1. The number of benzene rings is 2. The standard InChI is InChI=1S/C18H14ClFN2O2S2/c1-9-3-4-10(7-13(9)20)21-18(25)22-11-5-6-12-14(8-11)26-16(15(12)19)17(23)24-2/h3-8H,1-2H3,(H2,21,22,25). The number of nitrogens with one attached hydrogen (secondary N) is 2. The second kappa shape index (κ2) is 7.57. The number of halogens is 2. The number of fused-ring (bicyclic) bond motifs is 1. The van der Waals surface area contributed by atoms with Crippen LogP contribution in [-0.2, 0) is 4.74 Å². The Hall–Kier alpha value is -2.22. The molecule has 0 saturated carbocycles. The maximum absolute atomic E-state index is 13.6. The number of aryl methyl sites for hydroxylation is 1. The fourth-order valence-electron chi connectivity index (χ4n) is 2.33. The summed E-state index contributed by atoms with van der Waals surface area (Å²) in [6, 6.07) is 10.2. The summed E-state index contributed by atoms with van der Waals surface area (Å²) in [5.74, 6) is -0.771. The van der Waals surface area contributed by atoms with Gasteiger partial charge in [-0.05, 0) is 55.0 Å². The summed E-state index contributed by atoms with van der Waals surface area (Å²) in [6.45, 7) is 1.69. The smallest absolute Gasteiger partial charge is 0.349 e. The fraction of sp³-hybridized carbons (Fsp3) is 0.111. The molecule has 0 spiro atoms. The molecule has 0 amide bonds. The van der Waals surface area contributed by atoms with Crippen LogP contribution in [0.25, 0.3) is 10.1 Å². The van der Waals surface area contributed by atoms with Crippen LogP contribution < -0.4 is 10.6 Å². The topological polar surface area (TPSA) is 50.4 Å². The van der Waals surface area contributed by atoms with E-state index in [0.29, 0.717) is 26.3 Å². The van der Waals surface area contributed by atoms with Gasteiger partial charge in [0.25, 0.3) is 0 Å². The monoisotopic (exact) mass is 408 g/mol. The van der Waals surface area contributed by atoms with Crippen LogP contribution in [0, 0.1) is 12.7 Å². The first-order chi connectivity index (χ1) is 12.4. The summed E-state index contributed by atoms with van der Waals surface area (Å²) in [6.07, 6.45) is 0. The number of rotatable bonds is 3. The first-order valence-corrected chi connectivity index (χ1v) is 9.14. The van der Waals surface area contributed by atoms with Gasteiger partial charge in [0.2, 0.25) is 0 Å². The Bertz CT molecular complexity index is 1020. The Morgan fingerprint density at radius 1 is 1.19 bits per heavy atom. The number of carbonyl (C=O) groups is 1. The van der Waals surface area contributed by atoms with Crippen LogP contribution in [0.3, 0.4) is 0 Å². The van der Waals surface area contributed by atoms with E-state index in [1.807, 2.05) is 6.07 Å². The minimum atomic E-state index is -0.468. The van der Waals surface area contributed by atoms with Crippen molar-refractivity contribution in [2.24, 2.45) is 0 Å².